The molecule has 11 heteroatoms. The van der Waals surface area contributed by atoms with E-state index in [0.29, 0.717) is 11.5 Å². The Kier molecular flexibility index (Phi) is 5.59. The van der Waals surface area contributed by atoms with Crippen LogP contribution in [0.15, 0.2) is 28.8 Å². The van der Waals surface area contributed by atoms with E-state index in [-0.39, 0.29) is 27.6 Å². The maximum Gasteiger partial charge on any atom is 0.300 e. The minimum atomic E-state index is -0.829. The number of aromatic nitrogens is 3. The highest BCUT2D eigenvalue weighted by atomic mass is 32.1. The summed E-state index contributed by atoms with van der Waals surface area (Å²) in [6.45, 7) is 5.30. The Balaban J connectivity index is 2.01. The second kappa shape index (κ2) is 7.95. The summed E-state index contributed by atoms with van der Waals surface area (Å²) >= 11 is 0.944. The number of rotatable bonds is 7. The van der Waals surface area contributed by atoms with E-state index in [9.17, 15) is 14.0 Å². The van der Waals surface area contributed by atoms with Crippen molar-refractivity contribution in [2.45, 2.75) is 32.7 Å². The third-order valence-electron chi connectivity index (χ3n) is 4.11. The van der Waals surface area contributed by atoms with Gasteiger partial charge in [0.05, 0.1) is 0 Å². The fourth-order valence-corrected chi connectivity index (χ4v) is 3.49. The zero-order valence-corrected chi connectivity index (χ0v) is 16.7. The lowest BCUT2D eigenvalue weighted by Crippen LogP contribution is -2.39. The lowest BCUT2D eigenvalue weighted by Gasteiger charge is -2.26. The van der Waals surface area contributed by atoms with E-state index in [4.69, 9.17) is 16.0 Å². The minimum Gasteiger partial charge on any atom is -0.382 e. The molecular formula is C18H19FN6O3S. The maximum absolute atomic E-state index is 13.3. The van der Waals surface area contributed by atoms with Gasteiger partial charge in [-0.05, 0) is 31.2 Å². The van der Waals surface area contributed by atoms with Crippen molar-refractivity contribution in [3.8, 4) is 0 Å². The van der Waals surface area contributed by atoms with Crippen LogP contribution in [0.4, 0.5) is 21.0 Å². The van der Waals surface area contributed by atoms with E-state index in [1.54, 1.807) is 6.92 Å². The number of halogens is 1. The van der Waals surface area contributed by atoms with Crippen LogP contribution >= 0.6 is 11.3 Å². The average molecular weight is 418 g/mol. The molecule has 4 N–H and O–H groups in total. The fraction of sp³-hybridized carbons (Fsp3) is 0.278. The van der Waals surface area contributed by atoms with Crippen molar-refractivity contribution in [3.63, 3.8) is 0 Å². The molecule has 0 fully saturated rings. The van der Waals surface area contributed by atoms with E-state index >= 15 is 0 Å². The number of benzene rings is 1. The van der Waals surface area contributed by atoms with Gasteiger partial charge in [-0.3, -0.25) is 9.59 Å². The summed E-state index contributed by atoms with van der Waals surface area (Å²) in [4.78, 5) is 34.4. The van der Waals surface area contributed by atoms with E-state index in [1.807, 2.05) is 13.8 Å². The van der Waals surface area contributed by atoms with Crippen molar-refractivity contribution in [1.82, 2.24) is 15.1 Å². The number of anilines is 3. The molecule has 3 aromatic rings. The second-order valence-corrected chi connectivity index (χ2v) is 7.55. The van der Waals surface area contributed by atoms with Crippen LogP contribution in [0.1, 0.15) is 48.1 Å². The van der Waals surface area contributed by atoms with Crippen LogP contribution in [0.25, 0.3) is 0 Å². The van der Waals surface area contributed by atoms with Crippen molar-refractivity contribution in [2.75, 3.05) is 10.6 Å². The highest BCUT2D eigenvalue weighted by molar-refractivity contribution is 7.18. The number of thiazole rings is 1. The van der Waals surface area contributed by atoms with Crippen LogP contribution in [0.5, 0.6) is 0 Å². The summed E-state index contributed by atoms with van der Waals surface area (Å²) in [6, 6.07) is 4.60. The molecule has 0 aliphatic rings. The van der Waals surface area contributed by atoms with Gasteiger partial charge in [-0.1, -0.05) is 30.3 Å². The SMILES string of the molecule is CC(C)c1noc(C(=O)c2sc(N(c3ccc(F)cc3)C(C)C(N)=O)nc2N)n1. The van der Waals surface area contributed by atoms with Crippen LogP contribution < -0.4 is 16.4 Å². The largest absolute Gasteiger partial charge is 0.382 e. The molecule has 0 aliphatic heterocycles. The molecule has 1 unspecified atom stereocenters. The van der Waals surface area contributed by atoms with Crippen LogP contribution in [0.3, 0.4) is 0 Å². The minimum absolute atomic E-state index is 0.0138. The number of nitrogens with two attached hydrogens (primary N) is 2. The number of hydrogen-bond acceptors (Lipinski definition) is 9. The van der Waals surface area contributed by atoms with Crippen molar-refractivity contribution in [1.29, 1.82) is 0 Å². The number of primary amides is 1. The summed E-state index contributed by atoms with van der Waals surface area (Å²) in [5.74, 6) is -1.51. The molecule has 1 amide bonds. The van der Waals surface area contributed by atoms with Gasteiger partial charge >= 0.3 is 0 Å². The van der Waals surface area contributed by atoms with Crippen molar-refractivity contribution >= 4 is 39.7 Å². The van der Waals surface area contributed by atoms with Crippen molar-refractivity contribution in [2.24, 2.45) is 5.73 Å². The molecule has 9 nitrogen and oxygen atoms in total. The van der Waals surface area contributed by atoms with E-state index in [1.165, 1.54) is 29.2 Å². The first-order valence-electron chi connectivity index (χ1n) is 8.67. The number of amides is 1. The lowest BCUT2D eigenvalue weighted by atomic mass is 10.2. The van der Waals surface area contributed by atoms with Crippen molar-refractivity contribution in [3.05, 3.63) is 46.7 Å². The van der Waals surface area contributed by atoms with Gasteiger partial charge in [-0.2, -0.15) is 4.98 Å². The molecule has 0 saturated carbocycles. The number of nitrogen functional groups attached to an aromatic ring is 1. The molecular weight excluding hydrogens is 399 g/mol. The Bertz CT molecular complexity index is 1050. The van der Waals surface area contributed by atoms with Crippen LogP contribution in [-0.4, -0.2) is 32.9 Å². The normalized spacial score (nSPS) is 12.2. The Morgan fingerprint density at radius 1 is 1.17 bits per heavy atom. The monoisotopic (exact) mass is 418 g/mol. The van der Waals surface area contributed by atoms with Gasteiger partial charge in [0.2, 0.25) is 5.91 Å². The highest BCUT2D eigenvalue weighted by Gasteiger charge is 2.29. The maximum atomic E-state index is 13.3. The number of nitrogens with zero attached hydrogens (tertiary/aromatic N) is 4. The molecule has 0 spiro atoms. The molecule has 0 aliphatic carbocycles. The number of ketones is 1. The van der Waals surface area contributed by atoms with Gasteiger partial charge in [0.1, 0.15) is 22.6 Å². The van der Waals surface area contributed by atoms with E-state index in [0.717, 1.165) is 11.3 Å². The molecule has 2 heterocycles. The first-order valence-corrected chi connectivity index (χ1v) is 9.49. The van der Waals surface area contributed by atoms with Crippen LogP contribution in [-0.2, 0) is 4.79 Å². The van der Waals surface area contributed by atoms with Gasteiger partial charge in [0.15, 0.2) is 11.0 Å². The Morgan fingerprint density at radius 2 is 1.83 bits per heavy atom. The zero-order chi connectivity index (χ0) is 21.3. The predicted octanol–water partition coefficient (Wildman–Crippen LogP) is 2.61. The number of carbonyl (C=O) groups is 2. The average Bonchev–Trinajstić information content (AvgIpc) is 3.30. The number of hydrogen-bond donors (Lipinski definition) is 2. The van der Waals surface area contributed by atoms with E-state index in [2.05, 4.69) is 15.1 Å². The van der Waals surface area contributed by atoms with Gasteiger partial charge in [-0.15, -0.1) is 0 Å². The highest BCUT2D eigenvalue weighted by Crippen LogP contribution is 2.35. The standard InChI is InChI=1S/C18H19FN6O3S/c1-8(2)16-23-17(28-24-16)12(26)13-14(20)22-18(29-13)25(9(3)15(21)27)11-6-4-10(19)5-7-11/h4-9H,20H2,1-3H3,(H2,21,27). The summed E-state index contributed by atoms with van der Waals surface area (Å²) in [5.41, 5.74) is 11.9. The molecule has 1 aromatic carbocycles. The molecule has 2 aromatic heterocycles. The fourth-order valence-electron chi connectivity index (χ4n) is 2.47. The Hall–Kier alpha value is -3.34. The summed E-state index contributed by atoms with van der Waals surface area (Å²) in [5, 5.41) is 4.01. The van der Waals surface area contributed by atoms with Gasteiger partial charge in [0.25, 0.3) is 11.7 Å². The summed E-state index contributed by atoms with van der Waals surface area (Å²) in [7, 11) is 0. The van der Waals surface area contributed by atoms with Gasteiger partial charge < -0.3 is 20.9 Å². The molecule has 29 heavy (non-hydrogen) atoms. The molecule has 3 rings (SSSR count). The first kappa shape index (κ1) is 20.4. The van der Waals surface area contributed by atoms with Gasteiger partial charge in [0, 0.05) is 11.6 Å². The van der Waals surface area contributed by atoms with Gasteiger partial charge in [-0.25, -0.2) is 9.37 Å². The smallest absolute Gasteiger partial charge is 0.300 e. The quantitative estimate of drug-likeness (QED) is 0.558. The lowest BCUT2D eigenvalue weighted by molar-refractivity contribution is -0.118. The summed E-state index contributed by atoms with van der Waals surface area (Å²) < 4.78 is 18.4. The van der Waals surface area contributed by atoms with Crippen LogP contribution in [0, 0.1) is 5.82 Å². The zero-order valence-electron chi connectivity index (χ0n) is 15.9. The van der Waals surface area contributed by atoms with E-state index < -0.39 is 23.5 Å². The topological polar surface area (TPSA) is 141 Å². The number of carbonyl (C=O) groups excluding carboxylic acids is 2. The Labute approximate surface area is 169 Å². The Morgan fingerprint density at radius 3 is 2.38 bits per heavy atom. The molecule has 0 radical (unpaired) electrons. The van der Waals surface area contributed by atoms with Crippen molar-refractivity contribution < 1.29 is 18.5 Å². The molecule has 152 valence electrons. The third-order valence-corrected chi connectivity index (χ3v) is 5.18. The molecule has 0 saturated heterocycles. The summed E-state index contributed by atoms with van der Waals surface area (Å²) in [6.07, 6.45) is 0. The first-order chi connectivity index (χ1) is 13.7. The van der Waals surface area contributed by atoms with Crippen LogP contribution in [0.2, 0.25) is 0 Å². The second-order valence-electron chi connectivity index (χ2n) is 6.58. The predicted molar refractivity (Wildman–Crippen MR) is 106 cm³/mol. The molecule has 1 atom stereocenters. The third kappa shape index (κ3) is 4.09. The molecule has 0 bridgehead atoms.